The van der Waals surface area contributed by atoms with Gasteiger partial charge in [-0.2, -0.15) is 13.2 Å². The molecule has 166 valence electrons. The third kappa shape index (κ3) is 4.83. The molecule has 2 aliphatic rings. The molecule has 0 radical (unpaired) electrons. The smallest absolute Gasteiger partial charge is 0.337 e. The molecule has 1 spiro atoms. The van der Waals surface area contributed by atoms with Crippen LogP contribution in [0, 0.1) is 17.3 Å². The first-order chi connectivity index (χ1) is 15.2. The minimum absolute atomic E-state index is 0.0303. The third-order valence-corrected chi connectivity index (χ3v) is 6.60. The molecule has 2 amide bonds. The average molecular weight is 505 g/mol. The van der Waals surface area contributed by atoms with Crippen LogP contribution in [-0.2, 0) is 11.0 Å². The molecule has 0 atom stereocenters. The molecule has 8 heteroatoms. The van der Waals surface area contributed by atoms with E-state index in [2.05, 4.69) is 27.8 Å². The Kier molecular flexibility index (Phi) is 6.04. The maximum absolute atomic E-state index is 12.7. The molecule has 2 saturated heterocycles. The van der Waals surface area contributed by atoms with Crippen molar-refractivity contribution in [1.29, 1.82) is 0 Å². The molecular weight excluding hydrogens is 485 g/mol. The SMILES string of the molecule is O=C(C#Cc1ccc(Br)cc1)N1CCC2(CC1)CN(C(=O)c1ccc(C(F)(F)F)cc1)C2. The zero-order valence-electron chi connectivity index (χ0n) is 17.1. The van der Waals surface area contributed by atoms with Gasteiger partial charge in [0.25, 0.3) is 11.8 Å². The summed E-state index contributed by atoms with van der Waals surface area (Å²) < 4.78 is 39.0. The number of carbonyl (C=O) groups is 2. The van der Waals surface area contributed by atoms with E-state index in [1.807, 2.05) is 24.3 Å². The lowest BCUT2D eigenvalue weighted by Gasteiger charge is -2.53. The van der Waals surface area contributed by atoms with E-state index >= 15 is 0 Å². The minimum Gasteiger partial charge on any atom is -0.337 e. The molecule has 2 aliphatic heterocycles. The Morgan fingerprint density at radius 3 is 2.06 bits per heavy atom. The number of amides is 2. The van der Waals surface area contributed by atoms with E-state index in [0.29, 0.717) is 26.2 Å². The molecular formula is C24H20BrF3N2O2. The fourth-order valence-electron chi connectivity index (χ4n) is 4.13. The number of nitrogens with zero attached hydrogens (tertiary/aromatic N) is 2. The zero-order valence-corrected chi connectivity index (χ0v) is 18.7. The van der Waals surface area contributed by atoms with E-state index in [0.717, 1.165) is 35.0 Å². The summed E-state index contributed by atoms with van der Waals surface area (Å²) in [5.74, 6) is 5.11. The lowest BCUT2D eigenvalue weighted by Crippen LogP contribution is -2.62. The number of rotatable bonds is 1. The van der Waals surface area contributed by atoms with Gasteiger partial charge in [-0.1, -0.05) is 21.9 Å². The van der Waals surface area contributed by atoms with E-state index in [4.69, 9.17) is 0 Å². The second-order valence-corrected chi connectivity index (χ2v) is 9.20. The van der Waals surface area contributed by atoms with Gasteiger partial charge in [0.1, 0.15) is 0 Å². The first-order valence-electron chi connectivity index (χ1n) is 10.2. The summed E-state index contributed by atoms with van der Waals surface area (Å²) in [5, 5.41) is 0. The molecule has 0 bridgehead atoms. The fraction of sp³-hybridized carbons (Fsp3) is 0.333. The molecule has 0 saturated carbocycles. The first kappa shape index (κ1) is 22.4. The van der Waals surface area contributed by atoms with E-state index in [1.165, 1.54) is 12.1 Å². The van der Waals surface area contributed by atoms with Crippen LogP contribution in [0.4, 0.5) is 13.2 Å². The summed E-state index contributed by atoms with van der Waals surface area (Å²) in [6.07, 6.45) is -2.87. The van der Waals surface area contributed by atoms with E-state index in [1.54, 1.807) is 9.80 Å². The van der Waals surface area contributed by atoms with Crippen LogP contribution < -0.4 is 0 Å². The Balaban J connectivity index is 1.28. The molecule has 2 aromatic rings. The summed E-state index contributed by atoms with van der Waals surface area (Å²) in [6.45, 7) is 2.27. The van der Waals surface area contributed by atoms with E-state index in [-0.39, 0.29) is 22.8 Å². The number of benzene rings is 2. The number of alkyl halides is 3. The summed E-state index contributed by atoms with van der Waals surface area (Å²) in [7, 11) is 0. The van der Waals surface area contributed by atoms with Crippen LogP contribution in [0.25, 0.3) is 0 Å². The Morgan fingerprint density at radius 2 is 1.50 bits per heavy atom. The summed E-state index contributed by atoms with van der Waals surface area (Å²) >= 11 is 3.36. The van der Waals surface area contributed by atoms with Crippen molar-refractivity contribution >= 4 is 27.7 Å². The van der Waals surface area contributed by atoms with E-state index < -0.39 is 11.7 Å². The molecule has 0 unspecified atom stereocenters. The van der Waals surface area contributed by atoms with Crippen molar-refractivity contribution in [3.63, 3.8) is 0 Å². The topological polar surface area (TPSA) is 40.6 Å². The second kappa shape index (κ2) is 8.62. The molecule has 32 heavy (non-hydrogen) atoms. The monoisotopic (exact) mass is 504 g/mol. The van der Waals surface area contributed by atoms with Crippen LogP contribution in [0.2, 0.25) is 0 Å². The maximum atomic E-state index is 12.7. The summed E-state index contributed by atoms with van der Waals surface area (Å²) in [5.41, 5.74) is 0.224. The van der Waals surface area contributed by atoms with Crippen LogP contribution in [0.5, 0.6) is 0 Å². The Bertz CT molecular complexity index is 1070. The molecule has 2 heterocycles. The number of halogens is 4. The number of piperidine rings is 1. The Hall–Kier alpha value is -2.79. The van der Waals surface area contributed by atoms with Gasteiger partial charge >= 0.3 is 6.18 Å². The standard InChI is InChI=1S/C24H20BrF3N2O2/c25-20-8-1-17(2-9-20)3-10-21(31)29-13-11-23(12-14-29)15-30(16-23)22(32)18-4-6-19(7-5-18)24(26,27)28/h1-2,4-9H,11-16H2. The minimum atomic E-state index is -4.42. The van der Waals surface area contributed by atoms with Gasteiger partial charge < -0.3 is 9.80 Å². The van der Waals surface area contributed by atoms with Gasteiger partial charge in [-0.15, -0.1) is 0 Å². The number of hydrogen-bond donors (Lipinski definition) is 0. The van der Waals surface area contributed by atoms with Crippen molar-refractivity contribution in [2.75, 3.05) is 26.2 Å². The van der Waals surface area contributed by atoms with Crippen molar-refractivity contribution in [2.24, 2.45) is 5.41 Å². The summed E-state index contributed by atoms with van der Waals surface area (Å²) in [4.78, 5) is 28.4. The van der Waals surface area contributed by atoms with Crippen molar-refractivity contribution in [3.8, 4) is 11.8 Å². The Morgan fingerprint density at radius 1 is 0.906 bits per heavy atom. The lowest BCUT2D eigenvalue weighted by molar-refractivity contribution is -0.137. The van der Waals surface area contributed by atoms with Gasteiger partial charge in [0.15, 0.2) is 0 Å². The molecule has 0 aliphatic carbocycles. The lowest BCUT2D eigenvalue weighted by atomic mass is 9.71. The van der Waals surface area contributed by atoms with Gasteiger partial charge in [0, 0.05) is 53.1 Å². The fourth-order valence-corrected chi connectivity index (χ4v) is 4.39. The third-order valence-electron chi connectivity index (χ3n) is 6.07. The highest BCUT2D eigenvalue weighted by Crippen LogP contribution is 2.41. The van der Waals surface area contributed by atoms with Gasteiger partial charge in [-0.05, 0) is 61.4 Å². The van der Waals surface area contributed by atoms with Crippen LogP contribution >= 0.6 is 15.9 Å². The molecule has 0 aromatic heterocycles. The van der Waals surface area contributed by atoms with E-state index in [9.17, 15) is 22.8 Å². The van der Waals surface area contributed by atoms with Gasteiger partial charge in [0.2, 0.25) is 0 Å². The number of likely N-dealkylation sites (tertiary alicyclic amines) is 2. The quantitative estimate of drug-likeness (QED) is 0.533. The highest BCUT2D eigenvalue weighted by molar-refractivity contribution is 9.10. The molecule has 4 rings (SSSR count). The molecule has 2 aromatic carbocycles. The summed E-state index contributed by atoms with van der Waals surface area (Å²) in [6, 6.07) is 11.7. The highest BCUT2D eigenvalue weighted by Gasteiger charge is 2.47. The predicted molar refractivity (Wildman–Crippen MR) is 117 cm³/mol. The molecule has 2 fully saturated rings. The predicted octanol–water partition coefficient (Wildman–Crippen LogP) is 4.58. The number of hydrogen-bond acceptors (Lipinski definition) is 2. The molecule has 4 nitrogen and oxygen atoms in total. The van der Waals surface area contributed by atoms with Crippen molar-refractivity contribution in [2.45, 2.75) is 19.0 Å². The Labute approximate surface area is 192 Å². The molecule has 0 N–H and O–H groups in total. The van der Waals surface area contributed by atoms with Crippen LogP contribution in [-0.4, -0.2) is 47.8 Å². The average Bonchev–Trinajstić information content (AvgIpc) is 2.76. The van der Waals surface area contributed by atoms with Crippen LogP contribution in [0.3, 0.4) is 0 Å². The van der Waals surface area contributed by atoms with Crippen molar-refractivity contribution in [1.82, 2.24) is 9.80 Å². The number of carbonyl (C=O) groups excluding carboxylic acids is 2. The maximum Gasteiger partial charge on any atom is 0.416 e. The zero-order chi connectivity index (χ0) is 22.9. The van der Waals surface area contributed by atoms with Gasteiger partial charge in [-0.3, -0.25) is 9.59 Å². The second-order valence-electron chi connectivity index (χ2n) is 8.29. The van der Waals surface area contributed by atoms with Crippen LogP contribution in [0.1, 0.15) is 34.3 Å². The first-order valence-corrected chi connectivity index (χ1v) is 11.0. The van der Waals surface area contributed by atoms with Gasteiger partial charge in [0.05, 0.1) is 5.56 Å². The largest absolute Gasteiger partial charge is 0.416 e. The highest BCUT2D eigenvalue weighted by atomic mass is 79.9. The normalized spacial score (nSPS) is 17.4. The van der Waals surface area contributed by atoms with Crippen molar-refractivity contribution in [3.05, 3.63) is 69.7 Å². The van der Waals surface area contributed by atoms with Crippen LogP contribution in [0.15, 0.2) is 53.0 Å². The van der Waals surface area contributed by atoms with Gasteiger partial charge in [-0.25, -0.2) is 0 Å². The van der Waals surface area contributed by atoms with Crippen molar-refractivity contribution < 1.29 is 22.8 Å².